The number of ether oxygens (including phenoxy) is 3. The molecule has 0 N–H and O–H groups in total. The van der Waals surface area contributed by atoms with E-state index in [4.69, 9.17) is 14.2 Å². The minimum atomic E-state index is -4.63. The second-order valence-corrected chi connectivity index (χ2v) is 10.9. The summed E-state index contributed by atoms with van der Waals surface area (Å²) in [5, 5.41) is 1.82. The Hall–Kier alpha value is -4.12. The van der Waals surface area contributed by atoms with Crippen molar-refractivity contribution in [2.45, 2.75) is 37.8 Å². The summed E-state index contributed by atoms with van der Waals surface area (Å²) in [6, 6.07) is 13.2. The Kier molecular flexibility index (Phi) is 6.85. The fourth-order valence-electron chi connectivity index (χ4n) is 5.84. The summed E-state index contributed by atoms with van der Waals surface area (Å²) < 4.78 is 57.2. The summed E-state index contributed by atoms with van der Waals surface area (Å²) >= 11 is 1.36. The molecule has 1 amide bonds. The molecule has 41 heavy (non-hydrogen) atoms. The van der Waals surface area contributed by atoms with Crippen LogP contribution in [-0.4, -0.2) is 31.1 Å². The maximum Gasteiger partial charge on any atom is 0.416 e. The number of allylic oxidation sites excluding steroid dienone is 2. The van der Waals surface area contributed by atoms with Crippen LogP contribution in [0.1, 0.15) is 47.6 Å². The summed E-state index contributed by atoms with van der Waals surface area (Å²) in [6.07, 6.45) is -4.74. The van der Waals surface area contributed by atoms with Gasteiger partial charge in [-0.15, -0.1) is 11.3 Å². The Labute approximate surface area is 237 Å². The molecule has 3 heterocycles. The van der Waals surface area contributed by atoms with Crippen LogP contribution in [0.5, 0.6) is 11.5 Å². The molecule has 3 aromatic rings. The Morgan fingerprint density at radius 3 is 2.59 bits per heavy atom. The highest BCUT2D eigenvalue weighted by molar-refractivity contribution is 7.10. The van der Waals surface area contributed by atoms with E-state index in [0.717, 1.165) is 17.0 Å². The normalized spacial score (nSPS) is 22.1. The maximum atomic E-state index is 14.4. The van der Waals surface area contributed by atoms with Crippen molar-refractivity contribution >= 4 is 34.7 Å². The lowest BCUT2D eigenvalue weighted by molar-refractivity contribution is -0.152. The van der Waals surface area contributed by atoms with Crippen molar-refractivity contribution < 1.29 is 41.8 Å². The fourth-order valence-corrected chi connectivity index (χ4v) is 6.70. The number of benzene rings is 2. The Morgan fingerprint density at radius 2 is 1.85 bits per heavy atom. The summed E-state index contributed by atoms with van der Waals surface area (Å²) in [5.74, 6) is -3.23. The van der Waals surface area contributed by atoms with Crippen LogP contribution in [0.25, 0.3) is 0 Å². The number of ketones is 1. The van der Waals surface area contributed by atoms with Crippen molar-refractivity contribution in [3.8, 4) is 11.5 Å². The number of amides is 1. The van der Waals surface area contributed by atoms with Gasteiger partial charge in [-0.25, -0.2) is 0 Å². The summed E-state index contributed by atoms with van der Waals surface area (Å²) in [5.41, 5.74) is 0.196. The van der Waals surface area contributed by atoms with Gasteiger partial charge in [0.2, 0.25) is 12.7 Å². The first-order valence-electron chi connectivity index (χ1n) is 13.0. The SMILES string of the molecule is CCOC(=O)[C@H]1C(=O)C2=C(C[C@H]1c1cccs1)N(c1cccc(C(F)(F)F)c1)C(=O)C[C@H]2c1ccc2c(c1)OCO2. The molecule has 1 aliphatic carbocycles. The van der Waals surface area contributed by atoms with Crippen LogP contribution in [0.4, 0.5) is 18.9 Å². The van der Waals surface area contributed by atoms with Gasteiger partial charge in [-0.2, -0.15) is 13.2 Å². The molecule has 212 valence electrons. The molecule has 6 rings (SSSR count). The first-order valence-corrected chi connectivity index (χ1v) is 13.9. The van der Waals surface area contributed by atoms with Gasteiger partial charge in [-0.3, -0.25) is 19.3 Å². The number of Topliss-reactive ketones (excluding diaryl/α,β-unsaturated/α-hetero) is 1. The van der Waals surface area contributed by atoms with Crippen molar-refractivity contribution in [3.05, 3.63) is 87.3 Å². The van der Waals surface area contributed by atoms with E-state index in [1.54, 1.807) is 37.3 Å². The number of rotatable bonds is 5. The third-order valence-electron chi connectivity index (χ3n) is 7.60. The van der Waals surface area contributed by atoms with Crippen molar-refractivity contribution in [1.29, 1.82) is 0 Å². The van der Waals surface area contributed by atoms with Crippen molar-refractivity contribution in [2.24, 2.45) is 5.92 Å². The maximum absolute atomic E-state index is 14.4. The predicted molar refractivity (Wildman–Crippen MR) is 143 cm³/mol. The molecule has 0 radical (unpaired) electrons. The van der Waals surface area contributed by atoms with E-state index in [0.29, 0.717) is 17.1 Å². The van der Waals surface area contributed by atoms with Gasteiger partial charge >= 0.3 is 12.1 Å². The number of nitrogens with zero attached hydrogens (tertiary/aromatic N) is 1. The minimum Gasteiger partial charge on any atom is -0.465 e. The highest BCUT2D eigenvalue weighted by Crippen LogP contribution is 2.51. The van der Waals surface area contributed by atoms with Gasteiger partial charge in [-0.1, -0.05) is 18.2 Å². The lowest BCUT2D eigenvalue weighted by atomic mass is 9.69. The largest absolute Gasteiger partial charge is 0.465 e. The zero-order valence-electron chi connectivity index (χ0n) is 21.8. The molecule has 0 bridgehead atoms. The van der Waals surface area contributed by atoms with Gasteiger partial charge in [0.25, 0.3) is 0 Å². The smallest absolute Gasteiger partial charge is 0.416 e. The number of esters is 1. The molecule has 2 aliphatic heterocycles. The average molecular weight is 584 g/mol. The molecule has 0 fully saturated rings. The van der Waals surface area contributed by atoms with E-state index in [-0.39, 0.29) is 43.2 Å². The number of halogens is 3. The molecule has 0 saturated heterocycles. The van der Waals surface area contributed by atoms with Crippen LogP contribution >= 0.6 is 11.3 Å². The second kappa shape index (κ2) is 10.4. The predicted octanol–water partition coefficient (Wildman–Crippen LogP) is 6.21. The van der Waals surface area contributed by atoms with E-state index in [2.05, 4.69) is 0 Å². The summed E-state index contributed by atoms with van der Waals surface area (Å²) in [4.78, 5) is 43.4. The molecule has 1 aromatic heterocycles. The Morgan fingerprint density at radius 1 is 1.05 bits per heavy atom. The molecule has 11 heteroatoms. The third kappa shape index (κ3) is 4.77. The molecule has 0 unspecified atom stereocenters. The number of thiophene rings is 1. The van der Waals surface area contributed by atoms with Crippen LogP contribution in [0.3, 0.4) is 0 Å². The van der Waals surface area contributed by atoms with E-state index < -0.39 is 47.2 Å². The van der Waals surface area contributed by atoms with Crippen LogP contribution in [0.2, 0.25) is 0 Å². The van der Waals surface area contributed by atoms with Crippen LogP contribution < -0.4 is 14.4 Å². The molecule has 2 aromatic carbocycles. The zero-order chi connectivity index (χ0) is 28.9. The molecule has 3 atom stereocenters. The summed E-state index contributed by atoms with van der Waals surface area (Å²) in [6.45, 7) is 1.76. The van der Waals surface area contributed by atoms with Gasteiger partial charge in [0.1, 0.15) is 5.92 Å². The summed E-state index contributed by atoms with van der Waals surface area (Å²) in [7, 11) is 0. The van der Waals surface area contributed by atoms with Crippen molar-refractivity contribution in [1.82, 2.24) is 0 Å². The van der Waals surface area contributed by atoms with Crippen molar-refractivity contribution in [2.75, 3.05) is 18.3 Å². The van der Waals surface area contributed by atoms with Crippen LogP contribution in [0.15, 0.2) is 71.2 Å². The molecule has 7 nitrogen and oxygen atoms in total. The van der Waals surface area contributed by atoms with Gasteiger partial charge in [0.15, 0.2) is 17.3 Å². The van der Waals surface area contributed by atoms with E-state index in [1.165, 1.54) is 28.4 Å². The Bertz CT molecular complexity index is 1560. The number of hydrogen-bond donors (Lipinski definition) is 0. The third-order valence-corrected chi connectivity index (χ3v) is 8.61. The number of anilines is 1. The average Bonchev–Trinajstić information content (AvgIpc) is 3.64. The lowest BCUT2D eigenvalue weighted by Crippen LogP contribution is -2.46. The van der Waals surface area contributed by atoms with Crippen LogP contribution in [0, 0.1) is 5.92 Å². The van der Waals surface area contributed by atoms with Gasteiger partial charge < -0.3 is 14.2 Å². The molecule has 0 saturated carbocycles. The fraction of sp³-hybridized carbons (Fsp3) is 0.300. The lowest BCUT2D eigenvalue weighted by Gasteiger charge is -2.42. The standard InChI is InChI=1S/C30H24F3NO6S/c1-2-38-29(37)27-20(24-7-4-10-41-24)13-21-26(28(27)36)19(16-8-9-22-23(11-16)40-15-39-22)14-25(35)34(21)18-6-3-5-17(12-18)30(31,32)33/h3-12,19-20,27H,2,13-15H2,1H3/t19-,20-,27+/m0/s1. The van der Waals surface area contributed by atoms with Gasteiger partial charge in [-0.05, 0) is 60.7 Å². The van der Waals surface area contributed by atoms with Crippen LogP contribution in [-0.2, 0) is 25.3 Å². The van der Waals surface area contributed by atoms with Gasteiger partial charge in [0.05, 0.1) is 12.2 Å². The van der Waals surface area contributed by atoms with Gasteiger partial charge in [0, 0.05) is 40.1 Å². The first kappa shape index (κ1) is 27.1. The number of hydrogen-bond acceptors (Lipinski definition) is 7. The quantitative estimate of drug-likeness (QED) is 0.263. The minimum absolute atomic E-state index is 0.00813. The van der Waals surface area contributed by atoms with E-state index in [1.807, 2.05) is 5.38 Å². The molecule has 3 aliphatic rings. The number of fused-ring (bicyclic) bond motifs is 1. The monoisotopic (exact) mass is 583 g/mol. The Balaban J connectivity index is 1.55. The van der Waals surface area contributed by atoms with E-state index in [9.17, 15) is 27.6 Å². The number of carbonyl (C=O) groups is 3. The second-order valence-electron chi connectivity index (χ2n) is 9.93. The van der Waals surface area contributed by atoms with Crippen molar-refractivity contribution in [3.63, 3.8) is 0 Å². The highest BCUT2D eigenvalue weighted by Gasteiger charge is 2.50. The zero-order valence-corrected chi connectivity index (χ0v) is 22.6. The molecular weight excluding hydrogens is 559 g/mol. The first-order chi connectivity index (χ1) is 19.7. The molecule has 0 spiro atoms. The number of carbonyl (C=O) groups excluding carboxylic acids is 3. The highest BCUT2D eigenvalue weighted by atomic mass is 32.1. The van der Waals surface area contributed by atoms with E-state index >= 15 is 0 Å². The molecular formula is C30H24F3NO6S. The topological polar surface area (TPSA) is 82.1 Å². The number of alkyl halides is 3.